The zero-order valence-corrected chi connectivity index (χ0v) is 22.1. The number of carboxylic acid groups (broad SMARTS) is 1. The summed E-state index contributed by atoms with van der Waals surface area (Å²) in [6.07, 6.45) is -3.94. The summed E-state index contributed by atoms with van der Waals surface area (Å²) < 4.78 is 52.7. The summed E-state index contributed by atoms with van der Waals surface area (Å²) in [6, 6.07) is 8.37. The van der Waals surface area contributed by atoms with E-state index in [-0.39, 0.29) is 47.9 Å². The second-order valence-electron chi connectivity index (χ2n) is 11.3. The maximum absolute atomic E-state index is 15.3. The van der Waals surface area contributed by atoms with Crippen LogP contribution in [0.2, 0.25) is 0 Å². The molecule has 3 aromatic rings. The van der Waals surface area contributed by atoms with Gasteiger partial charge in [0.15, 0.2) is 17.3 Å². The number of anilines is 1. The van der Waals surface area contributed by atoms with Crippen LogP contribution in [0, 0.1) is 11.2 Å². The fraction of sp³-hybridized carbons (Fsp3) is 0.393. The molecular formula is C28H28F3N3O6. The molecule has 5 rings (SSSR count). The van der Waals surface area contributed by atoms with E-state index in [4.69, 9.17) is 5.11 Å². The molecule has 1 aliphatic carbocycles. The molecule has 1 aromatic heterocycles. The van der Waals surface area contributed by atoms with Crippen LogP contribution in [0.1, 0.15) is 56.1 Å². The number of amides is 2. The third-order valence-corrected chi connectivity index (χ3v) is 6.97. The number of nitrogens with one attached hydrogen (secondary N) is 2. The zero-order chi connectivity index (χ0) is 29.0. The quantitative estimate of drug-likeness (QED) is 0.307. The molecular weight excluding hydrogens is 531 g/mol. The highest BCUT2D eigenvalue weighted by Crippen LogP contribution is 2.52. The highest BCUT2D eigenvalue weighted by Gasteiger charge is 2.53. The highest BCUT2D eigenvalue weighted by molar-refractivity contribution is 6.04. The van der Waals surface area contributed by atoms with E-state index in [1.54, 1.807) is 10.6 Å². The lowest BCUT2D eigenvalue weighted by molar-refractivity contribution is -0.286. The molecule has 3 N–H and O–H groups in total. The normalized spacial score (nSPS) is 16.6. The SMILES string of the molecule is CC(C)(C)CC(=O)c1cc2cc(NC(=O)C3(c4ccc5c(c4)OC(F)(F)O5)CC3)c(F)cc2n1CCNC(=O)O. The van der Waals surface area contributed by atoms with Crippen LogP contribution in [0.5, 0.6) is 11.5 Å². The van der Waals surface area contributed by atoms with Gasteiger partial charge < -0.3 is 29.8 Å². The van der Waals surface area contributed by atoms with Crippen molar-refractivity contribution in [2.45, 2.75) is 58.3 Å². The molecule has 0 radical (unpaired) electrons. The second-order valence-corrected chi connectivity index (χ2v) is 11.3. The van der Waals surface area contributed by atoms with Crippen LogP contribution in [0.3, 0.4) is 0 Å². The Kier molecular flexibility index (Phi) is 6.47. The van der Waals surface area contributed by atoms with Gasteiger partial charge in [-0.3, -0.25) is 9.59 Å². The van der Waals surface area contributed by atoms with Gasteiger partial charge in [-0.15, -0.1) is 8.78 Å². The predicted molar refractivity (Wildman–Crippen MR) is 139 cm³/mol. The number of hydrogen-bond acceptors (Lipinski definition) is 5. The van der Waals surface area contributed by atoms with Crippen molar-refractivity contribution >= 4 is 34.4 Å². The van der Waals surface area contributed by atoms with Gasteiger partial charge >= 0.3 is 12.4 Å². The smallest absolute Gasteiger partial charge is 0.465 e. The molecule has 1 aliphatic heterocycles. The average molecular weight is 560 g/mol. The lowest BCUT2D eigenvalue weighted by atomic mass is 9.89. The van der Waals surface area contributed by atoms with Crippen molar-refractivity contribution < 1.29 is 42.1 Å². The summed E-state index contributed by atoms with van der Waals surface area (Å²) in [4.78, 5) is 37.4. The fourth-order valence-corrected chi connectivity index (χ4v) is 4.96. The molecule has 2 heterocycles. The highest BCUT2D eigenvalue weighted by atomic mass is 19.3. The lowest BCUT2D eigenvalue weighted by Crippen LogP contribution is -2.28. The largest absolute Gasteiger partial charge is 0.586 e. The van der Waals surface area contributed by atoms with Crippen LogP contribution in [0.4, 0.5) is 23.7 Å². The van der Waals surface area contributed by atoms with Gasteiger partial charge in [0.2, 0.25) is 5.91 Å². The molecule has 0 spiro atoms. The number of alkyl halides is 2. The van der Waals surface area contributed by atoms with E-state index in [9.17, 15) is 23.2 Å². The molecule has 40 heavy (non-hydrogen) atoms. The van der Waals surface area contributed by atoms with E-state index in [0.717, 1.165) is 0 Å². The molecule has 212 valence electrons. The topological polar surface area (TPSA) is 119 Å². The van der Waals surface area contributed by atoms with Crippen molar-refractivity contribution in [3.8, 4) is 11.5 Å². The van der Waals surface area contributed by atoms with Crippen LogP contribution in [0.15, 0.2) is 36.4 Å². The predicted octanol–water partition coefficient (Wildman–Crippen LogP) is 5.66. The Bertz CT molecular complexity index is 1540. The summed E-state index contributed by atoms with van der Waals surface area (Å²) in [5, 5.41) is 14.3. The minimum atomic E-state index is -3.79. The Morgan fingerprint density at radius 2 is 1.75 bits per heavy atom. The number of benzene rings is 2. The number of halogens is 3. The maximum Gasteiger partial charge on any atom is 0.586 e. The Morgan fingerprint density at radius 1 is 1.05 bits per heavy atom. The number of aromatic nitrogens is 1. The van der Waals surface area contributed by atoms with Gasteiger partial charge in [-0.1, -0.05) is 26.8 Å². The Labute approximate surface area is 227 Å². The van der Waals surface area contributed by atoms with Gasteiger partial charge in [0.25, 0.3) is 0 Å². The third kappa shape index (κ3) is 5.30. The van der Waals surface area contributed by atoms with Gasteiger partial charge in [0.05, 0.1) is 22.3 Å². The Balaban J connectivity index is 1.44. The number of carbonyl (C=O) groups is 3. The Hall–Kier alpha value is -4.22. The van der Waals surface area contributed by atoms with Gasteiger partial charge in [0, 0.05) is 31.0 Å². The van der Waals surface area contributed by atoms with Crippen LogP contribution >= 0.6 is 0 Å². The van der Waals surface area contributed by atoms with Crippen LogP contribution < -0.4 is 20.1 Å². The fourth-order valence-electron chi connectivity index (χ4n) is 4.96. The number of nitrogens with zero attached hydrogens (tertiary/aromatic N) is 1. The van der Waals surface area contributed by atoms with Gasteiger partial charge in [0.1, 0.15) is 5.82 Å². The van der Waals surface area contributed by atoms with Crippen molar-refractivity contribution in [2.24, 2.45) is 5.41 Å². The first-order valence-electron chi connectivity index (χ1n) is 12.7. The van der Waals surface area contributed by atoms with Gasteiger partial charge in [-0.05, 0) is 48.1 Å². The zero-order valence-electron chi connectivity index (χ0n) is 22.1. The molecule has 12 heteroatoms. The standard InChI is InChI=1S/C28H28F3N3O6/c1-26(2,3)14-21(35)20-11-15-10-18(17(29)13-19(15)34(20)9-8-32-25(37)38)33-24(36)27(6-7-27)16-4-5-22-23(12-16)40-28(30,31)39-22/h4-5,10-13,32H,6-9,14H2,1-3H3,(H,33,36)(H,37,38). The van der Waals surface area contributed by atoms with E-state index < -0.39 is 29.5 Å². The molecule has 0 unspecified atom stereocenters. The van der Waals surface area contributed by atoms with E-state index in [1.165, 1.54) is 30.3 Å². The van der Waals surface area contributed by atoms with Crippen molar-refractivity contribution in [3.05, 3.63) is 53.5 Å². The van der Waals surface area contributed by atoms with E-state index >= 15 is 4.39 Å². The number of ketones is 1. The van der Waals surface area contributed by atoms with Crippen molar-refractivity contribution in [1.82, 2.24) is 9.88 Å². The maximum atomic E-state index is 15.3. The van der Waals surface area contributed by atoms with Gasteiger partial charge in [-0.2, -0.15) is 0 Å². The average Bonchev–Trinajstić information content (AvgIpc) is 3.49. The second kappa shape index (κ2) is 9.46. The molecule has 9 nitrogen and oxygen atoms in total. The summed E-state index contributed by atoms with van der Waals surface area (Å²) in [7, 11) is 0. The number of carbonyl (C=O) groups excluding carboxylic acids is 2. The third-order valence-electron chi connectivity index (χ3n) is 6.97. The summed E-state index contributed by atoms with van der Waals surface area (Å²) >= 11 is 0. The first kappa shape index (κ1) is 27.4. The summed E-state index contributed by atoms with van der Waals surface area (Å²) in [5.74, 6) is -1.76. The number of fused-ring (bicyclic) bond motifs is 2. The molecule has 0 saturated heterocycles. The molecule has 0 atom stereocenters. The number of hydrogen-bond donors (Lipinski definition) is 3. The molecule has 2 aromatic carbocycles. The number of ether oxygens (including phenoxy) is 2. The summed E-state index contributed by atoms with van der Waals surface area (Å²) in [5.41, 5.74) is -0.343. The monoisotopic (exact) mass is 559 g/mol. The van der Waals surface area contributed by atoms with Crippen molar-refractivity contribution in [1.29, 1.82) is 0 Å². The van der Waals surface area contributed by atoms with E-state index in [2.05, 4.69) is 20.1 Å². The van der Waals surface area contributed by atoms with Crippen LogP contribution in [-0.2, 0) is 16.8 Å². The van der Waals surface area contributed by atoms with Crippen LogP contribution in [-0.4, -0.2) is 40.3 Å². The first-order chi connectivity index (χ1) is 18.7. The van der Waals surface area contributed by atoms with E-state index in [1.807, 2.05) is 20.8 Å². The number of rotatable bonds is 8. The molecule has 1 fully saturated rings. The van der Waals surface area contributed by atoms with Crippen molar-refractivity contribution in [3.63, 3.8) is 0 Å². The van der Waals surface area contributed by atoms with Crippen LogP contribution in [0.25, 0.3) is 10.9 Å². The minimum absolute atomic E-state index is 0.000990. The Morgan fingerprint density at radius 3 is 2.40 bits per heavy atom. The summed E-state index contributed by atoms with van der Waals surface area (Å²) in [6.45, 7) is 5.83. The molecule has 2 aliphatic rings. The molecule has 0 bridgehead atoms. The van der Waals surface area contributed by atoms with Crippen molar-refractivity contribution in [2.75, 3.05) is 11.9 Å². The lowest BCUT2D eigenvalue weighted by Gasteiger charge is -2.18. The minimum Gasteiger partial charge on any atom is -0.465 e. The van der Waals surface area contributed by atoms with E-state index in [0.29, 0.717) is 35.0 Å². The molecule has 2 amide bonds. The first-order valence-corrected chi connectivity index (χ1v) is 12.7. The number of Topliss-reactive ketones (excluding diaryl/α,β-unsaturated/α-hetero) is 1. The molecule has 1 saturated carbocycles. The van der Waals surface area contributed by atoms with Gasteiger partial charge in [-0.25, -0.2) is 9.18 Å².